The summed E-state index contributed by atoms with van der Waals surface area (Å²) in [5.74, 6) is 2.57. The molecule has 3 N–H and O–H groups in total. The van der Waals surface area contributed by atoms with Crippen LogP contribution in [0.1, 0.15) is 51.5 Å². The average molecular weight is 286 g/mol. The summed E-state index contributed by atoms with van der Waals surface area (Å²) >= 11 is 0. The minimum Gasteiger partial charge on any atom is -0.315 e. The van der Waals surface area contributed by atoms with Gasteiger partial charge in [0.1, 0.15) is 0 Å². The minimum absolute atomic E-state index is 0.130. The van der Waals surface area contributed by atoms with Crippen LogP contribution >= 0.6 is 0 Å². The van der Waals surface area contributed by atoms with Crippen LogP contribution < -0.4 is 11.1 Å². The minimum atomic E-state index is 0.130. The molecule has 2 bridgehead atoms. The second-order valence-electron chi connectivity index (χ2n) is 7.87. The monoisotopic (exact) mass is 286 g/mol. The third-order valence-electron chi connectivity index (χ3n) is 5.71. The lowest BCUT2D eigenvalue weighted by Gasteiger charge is -2.53. The Balaban J connectivity index is 1.68. The fourth-order valence-electron chi connectivity index (χ4n) is 5.20. The van der Waals surface area contributed by atoms with Crippen molar-refractivity contribution in [3.05, 3.63) is 35.9 Å². The van der Waals surface area contributed by atoms with Gasteiger partial charge in [-0.1, -0.05) is 44.2 Å². The summed E-state index contributed by atoms with van der Waals surface area (Å²) in [4.78, 5) is 0. The van der Waals surface area contributed by atoms with Gasteiger partial charge in [-0.05, 0) is 60.8 Å². The number of hydrogen-bond donors (Lipinski definition) is 2. The Hall–Kier alpha value is -0.860. The van der Waals surface area contributed by atoms with Crippen molar-refractivity contribution in [1.82, 2.24) is 5.32 Å². The molecule has 0 aliphatic heterocycles. The van der Waals surface area contributed by atoms with E-state index in [0.29, 0.717) is 5.41 Å². The van der Waals surface area contributed by atoms with Crippen LogP contribution in [0.4, 0.5) is 0 Å². The molecule has 2 aliphatic carbocycles. The largest absolute Gasteiger partial charge is 0.315 e. The normalized spacial score (nSPS) is 37.2. The third-order valence-corrected chi connectivity index (χ3v) is 5.71. The van der Waals surface area contributed by atoms with Gasteiger partial charge in [0.15, 0.2) is 0 Å². The van der Waals surface area contributed by atoms with Gasteiger partial charge in [0.25, 0.3) is 0 Å². The highest BCUT2D eigenvalue weighted by Crippen LogP contribution is 2.53. The lowest BCUT2D eigenvalue weighted by molar-refractivity contribution is -0.0112. The van der Waals surface area contributed by atoms with Crippen molar-refractivity contribution in [2.75, 3.05) is 0 Å². The second kappa shape index (κ2) is 6.10. The summed E-state index contributed by atoms with van der Waals surface area (Å²) in [7, 11) is 0. The first-order valence-electron chi connectivity index (χ1n) is 8.60. The predicted molar refractivity (Wildman–Crippen MR) is 88.6 cm³/mol. The number of benzene rings is 1. The molecule has 1 aromatic rings. The molecule has 0 amide bonds. The lowest BCUT2D eigenvalue weighted by atomic mass is 9.55. The molecule has 2 fully saturated rings. The Kier molecular flexibility index (Phi) is 4.37. The summed E-state index contributed by atoms with van der Waals surface area (Å²) in [6, 6.07) is 10.6. The number of nitrogens with two attached hydrogens (primary N) is 1. The Labute approximate surface area is 129 Å². The van der Waals surface area contributed by atoms with E-state index in [1.807, 2.05) is 0 Å². The summed E-state index contributed by atoms with van der Waals surface area (Å²) in [5.41, 5.74) is 8.31. The van der Waals surface area contributed by atoms with Gasteiger partial charge in [0.05, 0.1) is 6.17 Å². The van der Waals surface area contributed by atoms with E-state index < -0.39 is 0 Å². The summed E-state index contributed by atoms with van der Waals surface area (Å²) in [6.07, 6.45) is 6.90. The summed E-state index contributed by atoms with van der Waals surface area (Å²) in [5, 5.41) is 3.63. The van der Waals surface area contributed by atoms with Crippen LogP contribution in [0.15, 0.2) is 30.3 Å². The molecular formula is C19H30N2. The van der Waals surface area contributed by atoms with Crippen LogP contribution in [0.25, 0.3) is 0 Å². The van der Waals surface area contributed by atoms with Gasteiger partial charge in [-0.3, -0.25) is 5.32 Å². The molecule has 3 rings (SSSR count). The molecule has 0 heterocycles. The molecule has 0 aromatic heterocycles. The Bertz CT molecular complexity index is 436. The number of rotatable bonds is 4. The topological polar surface area (TPSA) is 38.0 Å². The van der Waals surface area contributed by atoms with E-state index in [1.54, 1.807) is 0 Å². The first kappa shape index (κ1) is 15.1. The fraction of sp³-hybridized carbons (Fsp3) is 0.684. The molecule has 3 unspecified atom stereocenters. The highest BCUT2D eigenvalue weighted by atomic mass is 15.0. The molecule has 1 aromatic carbocycles. The summed E-state index contributed by atoms with van der Waals surface area (Å²) < 4.78 is 0. The van der Waals surface area contributed by atoms with Crippen LogP contribution in [-0.2, 0) is 6.54 Å². The van der Waals surface area contributed by atoms with Crippen LogP contribution in [0.3, 0.4) is 0 Å². The third kappa shape index (κ3) is 3.32. The molecule has 0 radical (unpaired) electrons. The van der Waals surface area contributed by atoms with Gasteiger partial charge in [0, 0.05) is 6.54 Å². The van der Waals surface area contributed by atoms with Crippen molar-refractivity contribution in [3.63, 3.8) is 0 Å². The van der Waals surface area contributed by atoms with Crippen molar-refractivity contribution >= 4 is 0 Å². The van der Waals surface area contributed by atoms with E-state index in [4.69, 9.17) is 5.73 Å². The predicted octanol–water partition coefficient (Wildman–Crippen LogP) is 3.91. The van der Waals surface area contributed by atoms with Gasteiger partial charge < -0.3 is 5.73 Å². The van der Waals surface area contributed by atoms with Crippen molar-refractivity contribution in [3.8, 4) is 0 Å². The van der Waals surface area contributed by atoms with Gasteiger partial charge in [-0.25, -0.2) is 0 Å². The van der Waals surface area contributed by atoms with Gasteiger partial charge in [-0.15, -0.1) is 0 Å². The van der Waals surface area contributed by atoms with Gasteiger partial charge in [-0.2, -0.15) is 0 Å². The average Bonchev–Trinajstić information content (AvgIpc) is 2.44. The van der Waals surface area contributed by atoms with Gasteiger partial charge in [0.2, 0.25) is 0 Å². The van der Waals surface area contributed by atoms with Crippen molar-refractivity contribution < 1.29 is 0 Å². The van der Waals surface area contributed by atoms with E-state index in [9.17, 15) is 0 Å². The van der Waals surface area contributed by atoms with E-state index in [0.717, 1.165) is 24.3 Å². The molecule has 2 nitrogen and oxygen atoms in total. The standard InChI is InChI=1S/C19H30N2/c1-14-8-17-9-15(2)11-19(10-14,12-17)18(20)21-13-16-6-4-3-5-7-16/h3-7,14-15,17-18,21H,8-13,20H2,1-2H3. The number of fused-ring (bicyclic) bond motifs is 2. The zero-order valence-electron chi connectivity index (χ0n) is 13.5. The molecule has 2 aliphatic rings. The maximum atomic E-state index is 6.65. The summed E-state index contributed by atoms with van der Waals surface area (Å²) in [6.45, 7) is 5.72. The molecule has 0 spiro atoms. The van der Waals surface area contributed by atoms with Crippen molar-refractivity contribution in [1.29, 1.82) is 0 Å². The first-order chi connectivity index (χ1) is 10.1. The molecule has 2 saturated carbocycles. The zero-order valence-corrected chi connectivity index (χ0v) is 13.5. The van der Waals surface area contributed by atoms with E-state index in [1.165, 1.54) is 37.7 Å². The van der Waals surface area contributed by atoms with E-state index >= 15 is 0 Å². The molecule has 116 valence electrons. The van der Waals surface area contributed by atoms with Crippen LogP contribution in [0, 0.1) is 23.2 Å². The molecule has 21 heavy (non-hydrogen) atoms. The van der Waals surface area contributed by atoms with Gasteiger partial charge >= 0.3 is 0 Å². The number of hydrogen-bond acceptors (Lipinski definition) is 2. The maximum absolute atomic E-state index is 6.65. The van der Waals surface area contributed by atoms with E-state index in [-0.39, 0.29) is 6.17 Å². The zero-order chi connectivity index (χ0) is 14.9. The van der Waals surface area contributed by atoms with Crippen LogP contribution in [-0.4, -0.2) is 6.17 Å². The molecule has 0 saturated heterocycles. The quantitative estimate of drug-likeness (QED) is 0.824. The Morgan fingerprint density at radius 3 is 2.33 bits per heavy atom. The molecule has 3 atom stereocenters. The lowest BCUT2D eigenvalue weighted by Crippen LogP contribution is -2.56. The van der Waals surface area contributed by atoms with E-state index in [2.05, 4.69) is 49.5 Å². The van der Waals surface area contributed by atoms with Crippen molar-refractivity contribution in [2.24, 2.45) is 28.9 Å². The highest BCUT2D eigenvalue weighted by Gasteiger charge is 2.47. The Morgan fingerprint density at radius 2 is 1.71 bits per heavy atom. The van der Waals surface area contributed by atoms with Crippen molar-refractivity contribution in [2.45, 2.75) is 58.7 Å². The highest BCUT2D eigenvalue weighted by molar-refractivity contribution is 5.14. The first-order valence-corrected chi connectivity index (χ1v) is 8.60. The van der Waals surface area contributed by atoms with Crippen LogP contribution in [0.2, 0.25) is 0 Å². The second-order valence-corrected chi connectivity index (χ2v) is 7.87. The Morgan fingerprint density at radius 1 is 1.10 bits per heavy atom. The molecule has 2 heteroatoms. The smallest absolute Gasteiger partial charge is 0.0607 e. The SMILES string of the molecule is CC1CC2CC(C)CC(C(N)NCc3ccccc3)(C1)C2. The number of nitrogens with one attached hydrogen (secondary N) is 1. The molecular weight excluding hydrogens is 256 g/mol. The fourth-order valence-corrected chi connectivity index (χ4v) is 5.20. The maximum Gasteiger partial charge on any atom is 0.0607 e. The van der Waals surface area contributed by atoms with Crippen LogP contribution in [0.5, 0.6) is 0 Å².